The number of carboxylic acid groups (broad SMARTS) is 1. The second-order valence-electron chi connectivity index (χ2n) is 20.8. The Balaban J connectivity index is 1.03. The number of carbonyl (C=O) groups is 3. The minimum atomic E-state index is -1.03. The van der Waals surface area contributed by atoms with Crippen LogP contribution in [0, 0.1) is 46.3 Å². The van der Waals surface area contributed by atoms with Crippen LogP contribution in [0.5, 0.6) is 0 Å². The number of unbranched alkanes of at least 4 members (excludes halogenated alkanes) is 17. The summed E-state index contributed by atoms with van der Waals surface area (Å²) in [7, 11) is 0. The van der Waals surface area contributed by atoms with Gasteiger partial charge in [0.05, 0.1) is 18.3 Å². The topological polar surface area (TPSA) is 156 Å². The van der Waals surface area contributed by atoms with E-state index in [2.05, 4.69) is 38.3 Å². The van der Waals surface area contributed by atoms with Crippen LogP contribution in [0.15, 0.2) is 0 Å². The number of aliphatic hydroxyl groups is 3. The Morgan fingerprint density at radius 3 is 1.85 bits per heavy atom. The fourth-order valence-corrected chi connectivity index (χ4v) is 13.0. The van der Waals surface area contributed by atoms with Crippen LogP contribution in [-0.2, 0) is 14.4 Å². The van der Waals surface area contributed by atoms with Crippen LogP contribution >= 0.6 is 0 Å². The molecular formula is C50H90N2O7. The molecular weight excluding hydrogens is 741 g/mol. The number of hydrogen-bond donors (Lipinski definition) is 6. The highest BCUT2D eigenvalue weighted by molar-refractivity contribution is 5.83. The minimum absolute atomic E-state index is 0.0344. The molecule has 4 fully saturated rings. The van der Waals surface area contributed by atoms with E-state index in [1.54, 1.807) is 0 Å². The van der Waals surface area contributed by atoms with Gasteiger partial charge in [-0.05, 0) is 123 Å². The van der Waals surface area contributed by atoms with Crippen molar-refractivity contribution in [3.8, 4) is 0 Å². The monoisotopic (exact) mass is 831 g/mol. The number of hydrogen-bond acceptors (Lipinski definition) is 6. The molecule has 2 amide bonds. The smallest absolute Gasteiger partial charge is 0.326 e. The van der Waals surface area contributed by atoms with Gasteiger partial charge in [0.25, 0.3) is 0 Å². The van der Waals surface area contributed by atoms with E-state index in [-0.39, 0.29) is 70.7 Å². The Hall–Kier alpha value is -1.71. The van der Waals surface area contributed by atoms with Crippen molar-refractivity contribution in [2.24, 2.45) is 46.3 Å². The molecule has 0 saturated heterocycles. The van der Waals surface area contributed by atoms with E-state index in [1.165, 1.54) is 96.3 Å². The van der Waals surface area contributed by atoms with E-state index in [0.29, 0.717) is 45.1 Å². The molecule has 4 rings (SSSR count). The zero-order valence-electron chi connectivity index (χ0n) is 38.2. The average Bonchev–Trinajstić information content (AvgIpc) is 3.56. The minimum Gasteiger partial charge on any atom is -0.480 e. The molecule has 0 bridgehead atoms. The summed E-state index contributed by atoms with van der Waals surface area (Å²) < 4.78 is 0. The summed E-state index contributed by atoms with van der Waals surface area (Å²) in [6.45, 7) is 9.54. The molecule has 342 valence electrons. The number of amides is 2. The van der Waals surface area contributed by atoms with Gasteiger partial charge in [0.15, 0.2) is 0 Å². The number of aliphatic carboxylic acids is 1. The molecule has 6 N–H and O–H groups in total. The summed E-state index contributed by atoms with van der Waals surface area (Å²) in [4.78, 5) is 37.5. The fraction of sp³-hybridized carbons (Fsp3) is 0.940. The number of nitrogens with one attached hydrogen (secondary N) is 2. The molecule has 59 heavy (non-hydrogen) atoms. The highest BCUT2D eigenvalue weighted by atomic mass is 16.4. The molecule has 0 spiro atoms. The maximum Gasteiger partial charge on any atom is 0.326 e. The van der Waals surface area contributed by atoms with Crippen LogP contribution in [0.2, 0.25) is 0 Å². The molecule has 9 nitrogen and oxygen atoms in total. The molecule has 4 saturated carbocycles. The van der Waals surface area contributed by atoms with Crippen LogP contribution in [0.1, 0.15) is 220 Å². The van der Waals surface area contributed by atoms with Crippen LogP contribution in [0.25, 0.3) is 0 Å². The standard InChI is InChI=1S/C50H90N2O7/c1-5-6-7-8-9-10-11-12-13-14-15-16-17-18-19-20-21-25-45(56)51-32-23-22-24-42(48(58)59)52-46(57)29-26-36(2)39-27-28-40-47-41(35-44(55)50(39,40)4)49(3)31-30-38(53)33-37(49)34-43(47)54/h36-44,47,53-55H,5-35H2,1-4H3,(H,51,56)(H,52,57)(H,58,59)/t36-,37+,38-,39-,40+,41+,42?,43?,44+,47+,49+,50-/m1/s1. The van der Waals surface area contributed by atoms with Crippen molar-refractivity contribution >= 4 is 17.8 Å². The van der Waals surface area contributed by atoms with Gasteiger partial charge in [0.1, 0.15) is 6.04 Å². The van der Waals surface area contributed by atoms with Gasteiger partial charge in [-0.1, -0.05) is 130 Å². The molecule has 2 unspecified atom stereocenters. The normalized spacial score (nSPS) is 32.4. The largest absolute Gasteiger partial charge is 0.480 e. The Morgan fingerprint density at radius 1 is 0.661 bits per heavy atom. The third-order valence-electron chi connectivity index (χ3n) is 16.7. The maximum atomic E-state index is 13.1. The zero-order valence-corrected chi connectivity index (χ0v) is 38.2. The van der Waals surface area contributed by atoms with Crippen molar-refractivity contribution < 1.29 is 34.8 Å². The molecule has 4 aliphatic carbocycles. The number of carboxylic acids is 1. The number of fused-ring (bicyclic) bond motifs is 5. The molecule has 0 aromatic rings. The van der Waals surface area contributed by atoms with Gasteiger partial charge < -0.3 is 31.1 Å². The van der Waals surface area contributed by atoms with E-state index in [9.17, 15) is 34.8 Å². The van der Waals surface area contributed by atoms with E-state index in [1.807, 2.05) is 0 Å². The summed E-state index contributed by atoms with van der Waals surface area (Å²) in [5.41, 5.74) is -0.299. The summed E-state index contributed by atoms with van der Waals surface area (Å²) in [6, 6.07) is -0.951. The first-order valence-corrected chi connectivity index (χ1v) is 25.2. The quantitative estimate of drug-likeness (QED) is 0.0410. The third kappa shape index (κ3) is 14.4. The lowest BCUT2D eigenvalue weighted by Gasteiger charge is -2.63. The zero-order chi connectivity index (χ0) is 42.8. The predicted octanol–water partition coefficient (Wildman–Crippen LogP) is 10.3. The van der Waals surface area contributed by atoms with Gasteiger partial charge in [0.2, 0.25) is 11.8 Å². The van der Waals surface area contributed by atoms with E-state index < -0.39 is 24.2 Å². The van der Waals surface area contributed by atoms with E-state index in [0.717, 1.165) is 51.4 Å². The molecule has 4 aliphatic rings. The van der Waals surface area contributed by atoms with Crippen LogP contribution < -0.4 is 10.6 Å². The second kappa shape index (κ2) is 25.4. The van der Waals surface area contributed by atoms with Crippen molar-refractivity contribution in [3.63, 3.8) is 0 Å². The first kappa shape index (κ1) is 49.9. The molecule has 12 atom stereocenters. The Bertz CT molecular complexity index is 1250. The average molecular weight is 831 g/mol. The van der Waals surface area contributed by atoms with Gasteiger partial charge in [0, 0.05) is 19.4 Å². The van der Waals surface area contributed by atoms with Crippen LogP contribution in [0.3, 0.4) is 0 Å². The molecule has 0 radical (unpaired) electrons. The van der Waals surface area contributed by atoms with Crippen LogP contribution in [-0.4, -0.2) is 69.1 Å². The van der Waals surface area contributed by atoms with Crippen molar-refractivity contribution in [1.82, 2.24) is 10.6 Å². The SMILES string of the molecule is CCCCCCCCCCCCCCCCCCCC(=O)NCCCCC(NC(=O)CC[C@@H](C)[C@H]1CC[C@H]2[C@@H]3C(O)C[C@@H]4C[C@H](O)CC[C@]4(C)[C@H]3C[C@H](O)[C@]12C)C(=O)O. The number of rotatable bonds is 29. The molecule has 0 heterocycles. The van der Waals surface area contributed by atoms with Crippen molar-refractivity contribution in [2.45, 2.75) is 245 Å². The van der Waals surface area contributed by atoms with Gasteiger partial charge in [-0.3, -0.25) is 9.59 Å². The number of carbonyl (C=O) groups excluding carboxylic acids is 2. The van der Waals surface area contributed by atoms with Crippen molar-refractivity contribution in [1.29, 1.82) is 0 Å². The third-order valence-corrected chi connectivity index (χ3v) is 16.7. The van der Waals surface area contributed by atoms with Crippen molar-refractivity contribution in [2.75, 3.05) is 6.54 Å². The summed E-state index contributed by atoms with van der Waals surface area (Å²) in [5, 5.41) is 49.5. The lowest BCUT2D eigenvalue weighted by Crippen LogP contribution is -2.62. The van der Waals surface area contributed by atoms with Crippen LogP contribution in [0.4, 0.5) is 0 Å². The Morgan fingerprint density at radius 2 is 1.25 bits per heavy atom. The molecule has 0 aromatic heterocycles. The van der Waals surface area contributed by atoms with Gasteiger partial charge >= 0.3 is 5.97 Å². The maximum absolute atomic E-state index is 13.1. The van der Waals surface area contributed by atoms with Gasteiger partial charge in [-0.25, -0.2) is 4.79 Å². The highest BCUT2D eigenvalue weighted by Gasteiger charge is 2.65. The molecule has 0 aliphatic heterocycles. The van der Waals surface area contributed by atoms with Gasteiger partial charge in [-0.2, -0.15) is 0 Å². The summed E-state index contributed by atoms with van der Waals surface area (Å²) in [5.74, 6) is 0.0890. The first-order valence-electron chi connectivity index (χ1n) is 25.2. The Labute approximate surface area is 359 Å². The molecule has 9 heteroatoms. The first-order chi connectivity index (χ1) is 28.3. The molecule has 0 aromatic carbocycles. The lowest BCUT2D eigenvalue weighted by atomic mass is 9.43. The summed E-state index contributed by atoms with van der Waals surface area (Å²) >= 11 is 0. The predicted molar refractivity (Wildman–Crippen MR) is 238 cm³/mol. The lowest BCUT2D eigenvalue weighted by molar-refractivity contribution is -0.207. The fourth-order valence-electron chi connectivity index (χ4n) is 13.0. The highest BCUT2D eigenvalue weighted by Crippen LogP contribution is 2.68. The second-order valence-corrected chi connectivity index (χ2v) is 20.8. The van der Waals surface area contributed by atoms with Crippen molar-refractivity contribution in [3.05, 3.63) is 0 Å². The van der Waals surface area contributed by atoms with Gasteiger partial charge in [-0.15, -0.1) is 0 Å². The Kier molecular flexibility index (Phi) is 21.5. The van der Waals surface area contributed by atoms with E-state index in [4.69, 9.17) is 0 Å². The number of aliphatic hydroxyl groups excluding tert-OH is 3. The summed E-state index contributed by atoms with van der Waals surface area (Å²) in [6.07, 6.45) is 30.0. The van der Waals surface area contributed by atoms with E-state index >= 15 is 0 Å².